The SMILES string of the molecule is C[C@H](NS(=O)(=O)c1ccc2c(Cl)cnc(N=C(N)N)c2c1)C(=O)OC(=O)C(F)(F)F. The zero-order chi connectivity index (χ0) is 22.9. The van der Waals surface area contributed by atoms with Crippen molar-refractivity contribution in [3.63, 3.8) is 0 Å². The summed E-state index contributed by atoms with van der Waals surface area (Å²) in [6, 6.07) is 1.72. The van der Waals surface area contributed by atoms with E-state index in [1.54, 1.807) is 0 Å². The normalized spacial score (nSPS) is 13.0. The van der Waals surface area contributed by atoms with E-state index in [0.29, 0.717) is 5.39 Å². The molecule has 0 aliphatic carbocycles. The van der Waals surface area contributed by atoms with Gasteiger partial charge in [0, 0.05) is 17.0 Å². The van der Waals surface area contributed by atoms with Crippen molar-refractivity contribution in [2.24, 2.45) is 16.5 Å². The third-order valence-corrected chi connectivity index (χ3v) is 5.28. The summed E-state index contributed by atoms with van der Waals surface area (Å²) in [5.41, 5.74) is 10.6. The maximum Gasteiger partial charge on any atom is 0.491 e. The van der Waals surface area contributed by atoms with Crippen LogP contribution in [-0.4, -0.2) is 43.5 Å². The maximum atomic E-state index is 12.5. The second kappa shape index (κ2) is 8.41. The first kappa shape index (κ1) is 23.3. The predicted molar refractivity (Wildman–Crippen MR) is 99.2 cm³/mol. The number of fused-ring (bicyclic) bond motifs is 1. The van der Waals surface area contributed by atoms with Crippen LogP contribution in [0.3, 0.4) is 0 Å². The molecule has 2 rings (SSSR count). The zero-order valence-electron chi connectivity index (χ0n) is 14.9. The van der Waals surface area contributed by atoms with E-state index in [2.05, 4.69) is 14.7 Å². The fourth-order valence-corrected chi connectivity index (χ4v) is 3.57. The van der Waals surface area contributed by atoms with Gasteiger partial charge in [0.15, 0.2) is 11.8 Å². The van der Waals surface area contributed by atoms with Crippen molar-refractivity contribution in [3.8, 4) is 0 Å². The third-order valence-electron chi connectivity index (χ3n) is 3.44. The Bertz CT molecular complexity index is 1150. The number of nitrogens with two attached hydrogens (primary N) is 2. The van der Waals surface area contributed by atoms with Crippen LogP contribution in [0, 0.1) is 0 Å². The van der Waals surface area contributed by atoms with Crippen molar-refractivity contribution in [1.82, 2.24) is 9.71 Å². The maximum absolute atomic E-state index is 12.5. The average Bonchev–Trinajstić information content (AvgIpc) is 2.62. The Morgan fingerprint density at radius 3 is 2.47 bits per heavy atom. The van der Waals surface area contributed by atoms with Crippen LogP contribution in [-0.2, 0) is 24.3 Å². The fraction of sp³-hybridized carbons (Fsp3) is 0.200. The Kier molecular flexibility index (Phi) is 6.54. The van der Waals surface area contributed by atoms with Gasteiger partial charge in [0.2, 0.25) is 10.0 Å². The van der Waals surface area contributed by atoms with Gasteiger partial charge < -0.3 is 16.2 Å². The lowest BCUT2D eigenvalue weighted by Gasteiger charge is -2.14. The second-order valence-electron chi connectivity index (χ2n) is 5.72. The van der Waals surface area contributed by atoms with Crippen LogP contribution in [0.1, 0.15) is 6.92 Å². The van der Waals surface area contributed by atoms with Gasteiger partial charge in [0.1, 0.15) is 6.04 Å². The minimum absolute atomic E-state index is 0.0466. The van der Waals surface area contributed by atoms with E-state index in [-0.39, 0.29) is 22.2 Å². The molecule has 0 amide bonds. The summed E-state index contributed by atoms with van der Waals surface area (Å²) in [7, 11) is -4.45. The van der Waals surface area contributed by atoms with Gasteiger partial charge in [-0.2, -0.15) is 22.9 Å². The van der Waals surface area contributed by atoms with Crippen LogP contribution in [0.4, 0.5) is 19.0 Å². The van der Waals surface area contributed by atoms with Gasteiger partial charge in [0.25, 0.3) is 0 Å². The predicted octanol–water partition coefficient (Wildman–Crippen LogP) is 1.09. The second-order valence-corrected chi connectivity index (χ2v) is 7.84. The van der Waals surface area contributed by atoms with Gasteiger partial charge in [-0.3, -0.25) is 0 Å². The van der Waals surface area contributed by atoms with E-state index >= 15 is 0 Å². The fourth-order valence-electron chi connectivity index (χ4n) is 2.14. The number of carbonyl (C=O) groups is 2. The molecule has 0 radical (unpaired) electrons. The number of nitrogens with zero attached hydrogens (tertiary/aromatic N) is 2. The molecule has 1 heterocycles. The Morgan fingerprint density at radius 1 is 1.27 bits per heavy atom. The van der Waals surface area contributed by atoms with Crippen molar-refractivity contribution in [2.75, 3.05) is 0 Å². The number of halogens is 4. The number of hydrogen-bond donors (Lipinski definition) is 3. The number of sulfonamides is 1. The number of carbonyl (C=O) groups excluding carboxylic acids is 2. The van der Waals surface area contributed by atoms with E-state index in [4.69, 9.17) is 23.1 Å². The Morgan fingerprint density at radius 2 is 1.90 bits per heavy atom. The topological polar surface area (TPSA) is 167 Å². The van der Waals surface area contributed by atoms with Crippen LogP contribution in [0.25, 0.3) is 10.8 Å². The van der Waals surface area contributed by atoms with Crippen LogP contribution in [0.2, 0.25) is 5.02 Å². The summed E-state index contributed by atoms with van der Waals surface area (Å²) in [6.07, 6.45) is -4.17. The van der Waals surface area contributed by atoms with Gasteiger partial charge in [-0.15, -0.1) is 0 Å². The van der Waals surface area contributed by atoms with E-state index in [1.807, 2.05) is 4.72 Å². The van der Waals surface area contributed by atoms with E-state index < -0.39 is 39.1 Å². The van der Waals surface area contributed by atoms with E-state index in [9.17, 15) is 31.2 Å². The molecule has 0 bridgehead atoms. The summed E-state index contributed by atoms with van der Waals surface area (Å²) < 4.78 is 67.0. The first-order valence-electron chi connectivity index (χ1n) is 7.75. The molecule has 10 nitrogen and oxygen atoms in total. The molecule has 162 valence electrons. The molecular weight excluding hydrogens is 455 g/mol. The number of alkyl halides is 3. The van der Waals surface area contributed by atoms with Crippen molar-refractivity contribution in [2.45, 2.75) is 24.0 Å². The Labute approximate surface area is 172 Å². The largest absolute Gasteiger partial charge is 0.491 e. The smallest absolute Gasteiger partial charge is 0.385 e. The number of guanidine groups is 1. The number of pyridine rings is 1. The highest BCUT2D eigenvalue weighted by molar-refractivity contribution is 7.89. The molecule has 30 heavy (non-hydrogen) atoms. The first-order chi connectivity index (χ1) is 13.7. The molecule has 1 aromatic carbocycles. The molecular formula is C15H13ClF3N5O5S. The molecule has 0 unspecified atom stereocenters. The number of benzene rings is 1. The quantitative estimate of drug-likeness (QED) is 0.254. The van der Waals surface area contributed by atoms with Crippen LogP contribution in [0.15, 0.2) is 34.3 Å². The number of nitrogens with one attached hydrogen (secondary N) is 1. The standard InChI is InChI=1S/C15H13ClF3N5O5S/c1-6(12(25)29-13(26)15(17,18)19)24-30(27,28)7-2-3-8-9(4-7)11(23-14(20)21)22-5-10(8)16/h2-6,24H,1H3,(H4,20,21,22,23)/t6-/m0/s1. The minimum Gasteiger partial charge on any atom is -0.385 e. The zero-order valence-corrected chi connectivity index (χ0v) is 16.5. The highest BCUT2D eigenvalue weighted by Gasteiger charge is 2.43. The number of rotatable bonds is 5. The Hall–Kier alpha value is -2.97. The number of aromatic nitrogens is 1. The molecule has 15 heteroatoms. The molecule has 1 atom stereocenters. The highest BCUT2D eigenvalue weighted by atomic mass is 35.5. The number of ether oxygens (including phenoxy) is 1. The van der Waals surface area contributed by atoms with Crippen LogP contribution < -0.4 is 16.2 Å². The van der Waals surface area contributed by atoms with Gasteiger partial charge >= 0.3 is 18.1 Å². The minimum atomic E-state index is -5.42. The molecule has 5 N–H and O–H groups in total. The van der Waals surface area contributed by atoms with E-state index in [1.165, 1.54) is 12.3 Å². The Balaban J connectivity index is 2.37. The lowest BCUT2D eigenvalue weighted by atomic mass is 10.1. The van der Waals surface area contributed by atoms with Crippen molar-refractivity contribution < 1.29 is 35.9 Å². The molecule has 0 saturated heterocycles. The molecule has 0 saturated carbocycles. The summed E-state index contributed by atoms with van der Waals surface area (Å²) in [5.74, 6) is -4.92. The molecule has 0 aliphatic heterocycles. The summed E-state index contributed by atoms with van der Waals surface area (Å²) >= 11 is 6.02. The number of hydrogen-bond acceptors (Lipinski definition) is 7. The lowest BCUT2D eigenvalue weighted by Crippen LogP contribution is -2.42. The molecule has 2 aromatic rings. The summed E-state index contributed by atoms with van der Waals surface area (Å²) in [4.78, 5) is 29.6. The van der Waals surface area contributed by atoms with E-state index in [0.717, 1.165) is 19.1 Å². The van der Waals surface area contributed by atoms with Gasteiger partial charge in [-0.05, 0) is 19.1 Å². The average molecular weight is 468 g/mol. The molecule has 1 aromatic heterocycles. The van der Waals surface area contributed by atoms with Crippen LogP contribution in [0.5, 0.6) is 0 Å². The molecule has 0 fully saturated rings. The van der Waals surface area contributed by atoms with Crippen LogP contribution >= 0.6 is 11.6 Å². The van der Waals surface area contributed by atoms with Gasteiger partial charge in [-0.1, -0.05) is 17.7 Å². The number of aliphatic imine (C=N–C) groups is 1. The molecule has 0 aliphatic rings. The van der Waals surface area contributed by atoms with Crippen molar-refractivity contribution >= 4 is 56.1 Å². The first-order valence-corrected chi connectivity index (χ1v) is 9.61. The monoisotopic (exact) mass is 467 g/mol. The van der Waals surface area contributed by atoms with Crippen molar-refractivity contribution in [1.29, 1.82) is 0 Å². The molecule has 0 spiro atoms. The van der Waals surface area contributed by atoms with Gasteiger partial charge in [0.05, 0.1) is 9.92 Å². The van der Waals surface area contributed by atoms with Gasteiger partial charge in [-0.25, -0.2) is 23.0 Å². The highest BCUT2D eigenvalue weighted by Crippen LogP contribution is 2.31. The third kappa shape index (κ3) is 5.34. The van der Waals surface area contributed by atoms with Crippen molar-refractivity contribution in [3.05, 3.63) is 29.4 Å². The summed E-state index contributed by atoms with van der Waals surface area (Å²) in [6.45, 7) is 0.897. The lowest BCUT2D eigenvalue weighted by molar-refractivity contribution is -0.202. The number of esters is 2. The summed E-state index contributed by atoms with van der Waals surface area (Å²) in [5, 5.41) is 0.661.